The van der Waals surface area contributed by atoms with Gasteiger partial charge in [0.05, 0.1) is 6.54 Å². The number of aliphatic hydroxyl groups is 1. The van der Waals surface area contributed by atoms with Crippen LogP contribution in [0.1, 0.15) is 58.4 Å². The Kier molecular flexibility index (Phi) is 11.8. The Morgan fingerprint density at radius 3 is 2.39 bits per heavy atom. The summed E-state index contributed by atoms with van der Waals surface area (Å²) in [5.74, 6) is 1.76. The largest absolute Gasteiger partial charge is 0.396 e. The van der Waals surface area contributed by atoms with Crippen LogP contribution >= 0.6 is 24.0 Å². The first kappa shape index (κ1) is 25.0. The average molecular weight is 502 g/mol. The molecule has 1 aliphatic rings. The number of nitrogens with zero attached hydrogens (tertiary/aromatic N) is 2. The van der Waals surface area contributed by atoms with Crippen molar-refractivity contribution < 1.29 is 5.11 Å². The van der Waals surface area contributed by atoms with E-state index in [1.165, 1.54) is 24.1 Å². The van der Waals surface area contributed by atoms with Crippen LogP contribution in [0, 0.1) is 11.8 Å². The number of piperidine rings is 1. The maximum atomic E-state index is 9.26. The number of aliphatic hydroxyl groups excluding tert-OH is 1. The molecule has 0 spiro atoms. The summed E-state index contributed by atoms with van der Waals surface area (Å²) in [7, 11) is 0. The molecule has 28 heavy (non-hydrogen) atoms. The van der Waals surface area contributed by atoms with E-state index in [9.17, 15) is 5.11 Å². The molecule has 1 aromatic carbocycles. The predicted octanol–water partition coefficient (Wildman–Crippen LogP) is 4.13. The Balaban J connectivity index is 0.00000392. The molecule has 160 valence electrons. The fourth-order valence-corrected chi connectivity index (χ4v) is 3.56. The fourth-order valence-electron chi connectivity index (χ4n) is 3.56. The molecule has 1 atom stereocenters. The molecule has 1 aliphatic heterocycles. The van der Waals surface area contributed by atoms with Gasteiger partial charge in [0.1, 0.15) is 0 Å². The second-order valence-corrected chi connectivity index (χ2v) is 8.35. The molecule has 2 rings (SSSR count). The molecule has 0 radical (unpaired) electrons. The molecule has 1 saturated heterocycles. The predicted molar refractivity (Wildman–Crippen MR) is 130 cm³/mol. The van der Waals surface area contributed by atoms with E-state index in [4.69, 9.17) is 5.73 Å². The average Bonchev–Trinajstić information content (AvgIpc) is 2.66. The zero-order valence-electron chi connectivity index (χ0n) is 17.7. The summed E-state index contributed by atoms with van der Waals surface area (Å²) in [5.41, 5.74) is 8.46. The van der Waals surface area contributed by atoms with Gasteiger partial charge in [-0.1, -0.05) is 38.8 Å². The number of hydrogen-bond donors (Lipinski definition) is 3. The Morgan fingerprint density at radius 1 is 1.18 bits per heavy atom. The molecule has 5 nitrogen and oxygen atoms in total. The quantitative estimate of drug-likeness (QED) is 0.270. The van der Waals surface area contributed by atoms with Crippen molar-refractivity contribution in [3.8, 4) is 0 Å². The summed E-state index contributed by atoms with van der Waals surface area (Å²) in [6.45, 7) is 9.65. The summed E-state index contributed by atoms with van der Waals surface area (Å²) in [6, 6.07) is 8.97. The number of halogens is 1. The highest BCUT2D eigenvalue weighted by molar-refractivity contribution is 14.0. The number of aliphatic imine (C=N–C) groups is 1. The minimum atomic E-state index is 0. The fraction of sp³-hybridized carbons (Fsp3) is 0.682. The molecule has 0 saturated carbocycles. The first-order chi connectivity index (χ1) is 13.0. The van der Waals surface area contributed by atoms with E-state index < -0.39 is 0 Å². The van der Waals surface area contributed by atoms with Gasteiger partial charge in [0, 0.05) is 31.4 Å². The van der Waals surface area contributed by atoms with Crippen LogP contribution in [0.3, 0.4) is 0 Å². The zero-order chi connectivity index (χ0) is 19.6. The minimum absolute atomic E-state index is 0. The maximum absolute atomic E-state index is 9.26. The van der Waals surface area contributed by atoms with Crippen LogP contribution in [0.2, 0.25) is 0 Å². The highest BCUT2D eigenvalue weighted by atomic mass is 127. The summed E-state index contributed by atoms with van der Waals surface area (Å²) >= 11 is 0. The number of nitrogens with two attached hydrogens (primary N) is 1. The van der Waals surface area contributed by atoms with Gasteiger partial charge in [0.2, 0.25) is 0 Å². The molecule has 6 heteroatoms. The van der Waals surface area contributed by atoms with Gasteiger partial charge in [0.15, 0.2) is 5.96 Å². The zero-order valence-corrected chi connectivity index (χ0v) is 20.1. The van der Waals surface area contributed by atoms with Gasteiger partial charge < -0.3 is 21.1 Å². The third kappa shape index (κ3) is 8.99. The molecule has 1 aromatic rings. The van der Waals surface area contributed by atoms with E-state index in [-0.39, 0.29) is 24.0 Å². The minimum Gasteiger partial charge on any atom is -0.396 e. The molecular weight excluding hydrogens is 463 g/mol. The van der Waals surface area contributed by atoms with Crippen LogP contribution in [0.25, 0.3) is 0 Å². The Morgan fingerprint density at radius 2 is 1.82 bits per heavy atom. The SMILES string of the molecule is CC(C)CCCC(C)NC(N)=NCc1ccc(N2CCC(CO)CC2)cc1.I. The lowest BCUT2D eigenvalue weighted by atomic mass is 9.97. The number of benzene rings is 1. The third-order valence-corrected chi connectivity index (χ3v) is 5.42. The molecule has 1 unspecified atom stereocenters. The van der Waals surface area contributed by atoms with Crippen LogP contribution in [0.4, 0.5) is 5.69 Å². The van der Waals surface area contributed by atoms with Crippen molar-refractivity contribution in [3.63, 3.8) is 0 Å². The van der Waals surface area contributed by atoms with Gasteiger partial charge in [-0.05, 0) is 55.7 Å². The van der Waals surface area contributed by atoms with Crippen LogP contribution < -0.4 is 16.0 Å². The lowest BCUT2D eigenvalue weighted by Gasteiger charge is -2.32. The van der Waals surface area contributed by atoms with E-state index >= 15 is 0 Å². The molecule has 0 bridgehead atoms. The second-order valence-electron chi connectivity index (χ2n) is 8.35. The molecule has 0 aromatic heterocycles. The van der Waals surface area contributed by atoms with Crippen LogP contribution in [-0.2, 0) is 6.54 Å². The first-order valence-electron chi connectivity index (χ1n) is 10.5. The number of guanidine groups is 1. The van der Waals surface area contributed by atoms with Gasteiger partial charge in [0.25, 0.3) is 0 Å². The van der Waals surface area contributed by atoms with E-state index in [0.717, 1.165) is 38.3 Å². The maximum Gasteiger partial charge on any atom is 0.189 e. The van der Waals surface area contributed by atoms with Gasteiger partial charge in [-0.2, -0.15) is 0 Å². The van der Waals surface area contributed by atoms with Crippen molar-refractivity contribution >= 4 is 35.6 Å². The van der Waals surface area contributed by atoms with E-state index in [1.54, 1.807) is 0 Å². The second kappa shape index (κ2) is 13.2. The number of anilines is 1. The molecular formula is C22H39IN4O. The van der Waals surface area contributed by atoms with Gasteiger partial charge in [-0.15, -0.1) is 24.0 Å². The molecule has 0 aliphatic carbocycles. The van der Waals surface area contributed by atoms with Crippen LogP contribution in [0.5, 0.6) is 0 Å². The first-order valence-corrected chi connectivity index (χ1v) is 10.5. The van der Waals surface area contributed by atoms with Gasteiger partial charge >= 0.3 is 0 Å². The molecule has 4 N–H and O–H groups in total. The van der Waals surface area contributed by atoms with Crippen LogP contribution in [0.15, 0.2) is 29.3 Å². The molecule has 0 amide bonds. The van der Waals surface area contributed by atoms with Crippen molar-refractivity contribution in [2.45, 2.75) is 65.5 Å². The lowest BCUT2D eigenvalue weighted by molar-refractivity contribution is 0.203. The van der Waals surface area contributed by atoms with Crippen LogP contribution in [-0.4, -0.2) is 36.8 Å². The summed E-state index contributed by atoms with van der Waals surface area (Å²) < 4.78 is 0. The highest BCUT2D eigenvalue weighted by Gasteiger charge is 2.18. The normalized spacial score (nSPS) is 16.8. The van der Waals surface area contributed by atoms with E-state index in [0.29, 0.717) is 31.1 Å². The van der Waals surface area contributed by atoms with Gasteiger partial charge in [-0.25, -0.2) is 4.99 Å². The third-order valence-electron chi connectivity index (χ3n) is 5.42. The topological polar surface area (TPSA) is 73.9 Å². The van der Waals surface area contributed by atoms with E-state index in [1.807, 2.05) is 0 Å². The summed E-state index contributed by atoms with van der Waals surface area (Å²) in [4.78, 5) is 6.88. The summed E-state index contributed by atoms with van der Waals surface area (Å²) in [6.07, 6.45) is 5.74. The van der Waals surface area contributed by atoms with Crippen molar-refractivity contribution in [1.82, 2.24) is 5.32 Å². The number of hydrogen-bond acceptors (Lipinski definition) is 3. The monoisotopic (exact) mass is 502 g/mol. The lowest BCUT2D eigenvalue weighted by Crippen LogP contribution is -2.38. The van der Waals surface area contributed by atoms with Crippen molar-refractivity contribution in [2.75, 3.05) is 24.6 Å². The van der Waals surface area contributed by atoms with E-state index in [2.05, 4.69) is 60.2 Å². The molecule has 1 fully saturated rings. The Labute approximate surface area is 188 Å². The van der Waals surface area contributed by atoms with Crippen molar-refractivity contribution in [3.05, 3.63) is 29.8 Å². The smallest absolute Gasteiger partial charge is 0.189 e. The van der Waals surface area contributed by atoms with Crippen molar-refractivity contribution in [2.24, 2.45) is 22.6 Å². The number of nitrogens with one attached hydrogen (secondary N) is 1. The summed E-state index contributed by atoms with van der Waals surface area (Å²) in [5, 5.41) is 12.6. The standard InChI is InChI=1S/C22H38N4O.HI/c1-17(2)5-4-6-18(3)25-22(23)24-15-19-7-9-21(10-8-19)26-13-11-20(16-27)12-14-26;/h7-10,17-18,20,27H,4-6,11-16H2,1-3H3,(H3,23,24,25);1H. The van der Waals surface area contributed by atoms with Crippen molar-refractivity contribution in [1.29, 1.82) is 0 Å². The molecule has 1 heterocycles. The Bertz CT molecular complexity index is 568. The number of rotatable bonds is 9. The Hall–Kier alpha value is -1.02. The van der Waals surface area contributed by atoms with Gasteiger partial charge in [-0.3, -0.25) is 0 Å². The highest BCUT2D eigenvalue weighted by Crippen LogP contribution is 2.23.